The summed E-state index contributed by atoms with van der Waals surface area (Å²) in [5.41, 5.74) is 7.79. The number of thiazole rings is 1. The smallest absolute Gasteiger partial charge is 0.221 e. The van der Waals surface area contributed by atoms with Gasteiger partial charge in [-0.3, -0.25) is 10.2 Å². The lowest BCUT2D eigenvalue weighted by Gasteiger charge is -2.04. The van der Waals surface area contributed by atoms with Crippen LogP contribution in [0.3, 0.4) is 0 Å². The van der Waals surface area contributed by atoms with Crippen LogP contribution in [0.15, 0.2) is 65.1 Å². The van der Waals surface area contributed by atoms with Crippen molar-refractivity contribution in [1.82, 2.24) is 4.98 Å². The van der Waals surface area contributed by atoms with Gasteiger partial charge in [0, 0.05) is 23.6 Å². The molecule has 3 rings (SSSR count). The molecule has 0 unspecified atom stereocenters. The van der Waals surface area contributed by atoms with E-state index in [-0.39, 0.29) is 5.91 Å². The molecule has 0 aliphatic carbocycles. The maximum absolute atomic E-state index is 11.1. The van der Waals surface area contributed by atoms with Gasteiger partial charge in [-0.05, 0) is 24.1 Å². The van der Waals surface area contributed by atoms with Gasteiger partial charge in [0.05, 0.1) is 11.4 Å². The van der Waals surface area contributed by atoms with Crippen LogP contribution in [0.25, 0.3) is 11.3 Å². The fraction of sp³-hybridized carbons (Fsp3) is 0.150. The number of amides is 1. The highest BCUT2D eigenvalue weighted by molar-refractivity contribution is 7.14. The lowest BCUT2D eigenvalue weighted by Crippen LogP contribution is -2.05. The van der Waals surface area contributed by atoms with Crippen molar-refractivity contribution in [2.75, 3.05) is 10.7 Å². The van der Waals surface area contributed by atoms with Crippen LogP contribution < -0.4 is 10.7 Å². The quantitative estimate of drug-likeness (QED) is 0.478. The van der Waals surface area contributed by atoms with E-state index in [2.05, 4.69) is 27.8 Å². The molecule has 0 radical (unpaired) electrons. The van der Waals surface area contributed by atoms with E-state index in [1.165, 1.54) is 18.3 Å². The highest BCUT2D eigenvalue weighted by atomic mass is 32.1. The molecule has 6 heteroatoms. The monoisotopic (exact) mass is 364 g/mol. The first-order valence-corrected chi connectivity index (χ1v) is 9.25. The Morgan fingerprint density at radius 2 is 1.85 bits per heavy atom. The van der Waals surface area contributed by atoms with Gasteiger partial charge in [0.1, 0.15) is 0 Å². The Hall–Kier alpha value is -2.99. The summed E-state index contributed by atoms with van der Waals surface area (Å²) in [5.74, 6) is -0.0825. The largest absolute Gasteiger partial charge is 0.326 e. The lowest BCUT2D eigenvalue weighted by atomic mass is 10.1. The van der Waals surface area contributed by atoms with E-state index in [4.69, 9.17) is 0 Å². The maximum atomic E-state index is 11.1. The second-order valence-corrected chi connectivity index (χ2v) is 6.54. The third-order valence-electron chi connectivity index (χ3n) is 3.73. The molecule has 0 saturated carbocycles. The van der Waals surface area contributed by atoms with Crippen molar-refractivity contribution in [2.24, 2.45) is 5.10 Å². The summed E-state index contributed by atoms with van der Waals surface area (Å²) in [6.45, 7) is 3.57. The number of carbonyl (C=O) groups is 1. The SMILES string of the molecule is CCC(=NNc1nc(-c2ccc(NC(C)=O)cc2)cs1)c1ccccc1. The molecule has 0 saturated heterocycles. The van der Waals surface area contributed by atoms with E-state index in [9.17, 15) is 4.79 Å². The number of hydrazone groups is 1. The van der Waals surface area contributed by atoms with E-state index in [0.29, 0.717) is 0 Å². The molecule has 0 aliphatic heterocycles. The van der Waals surface area contributed by atoms with Gasteiger partial charge < -0.3 is 5.32 Å². The van der Waals surface area contributed by atoms with Crippen molar-refractivity contribution >= 4 is 33.8 Å². The van der Waals surface area contributed by atoms with Gasteiger partial charge in [-0.15, -0.1) is 11.3 Å². The van der Waals surface area contributed by atoms with Crippen LogP contribution in [-0.4, -0.2) is 16.6 Å². The van der Waals surface area contributed by atoms with E-state index >= 15 is 0 Å². The van der Waals surface area contributed by atoms with Gasteiger partial charge >= 0.3 is 0 Å². The Bertz CT molecular complexity index is 901. The van der Waals surface area contributed by atoms with Crippen LogP contribution in [0.2, 0.25) is 0 Å². The zero-order valence-electron chi connectivity index (χ0n) is 14.7. The first kappa shape index (κ1) is 17.8. The van der Waals surface area contributed by atoms with Crippen molar-refractivity contribution in [3.05, 3.63) is 65.5 Å². The molecule has 3 aromatic rings. The van der Waals surface area contributed by atoms with Crippen LogP contribution in [0.5, 0.6) is 0 Å². The number of rotatable bonds is 6. The minimum atomic E-state index is -0.0825. The average molecular weight is 364 g/mol. The maximum Gasteiger partial charge on any atom is 0.221 e. The minimum Gasteiger partial charge on any atom is -0.326 e. The summed E-state index contributed by atoms with van der Waals surface area (Å²) >= 11 is 1.51. The van der Waals surface area contributed by atoms with Gasteiger partial charge in [-0.1, -0.05) is 49.4 Å². The van der Waals surface area contributed by atoms with E-state index < -0.39 is 0 Å². The summed E-state index contributed by atoms with van der Waals surface area (Å²) in [7, 11) is 0. The lowest BCUT2D eigenvalue weighted by molar-refractivity contribution is -0.114. The second-order valence-electron chi connectivity index (χ2n) is 5.69. The number of anilines is 2. The predicted molar refractivity (Wildman–Crippen MR) is 109 cm³/mol. The fourth-order valence-electron chi connectivity index (χ4n) is 2.48. The van der Waals surface area contributed by atoms with Gasteiger partial charge in [-0.2, -0.15) is 5.10 Å². The summed E-state index contributed by atoms with van der Waals surface area (Å²) < 4.78 is 0. The normalized spacial score (nSPS) is 11.2. The summed E-state index contributed by atoms with van der Waals surface area (Å²) in [6.07, 6.45) is 0.833. The van der Waals surface area contributed by atoms with Crippen LogP contribution in [-0.2, 0) is 4.79 Å². The molecule has 1 heterocycles. The summed E-state index contributed by atoms with van der Waals surface area (Å²) in [6, 6.07) is 17.7. The van der Waals surface area contributed by atoms with Crippen LogP contribution >= 0.6 is 11.3 Å². The minimum absolute atomic E-state index is 0.0825. The van der Waals surface area contributed by atoms with Crippen molar-refractivity contribution in [2.45, 2.75) is 20.3 Å². The molecule has 26 heavy (non-hydrogen) atoms. The molecule has 1 amide bonds. The molecule has 2 N–H and O–H groups in total. The third kappa shape index (κ3) is 4.55. The first-order valence-electron chi connectivity index (χ1n) is 8.37. The number of hydrogen-bond acceptors (Lipinski definition) is 5. The highest BCUT2D eigenvalue weighted by Gasteiger charge is 2.06. The number of hydrogen-bond donors (Lipinski definition) is 2. The van der Waals surface area contributed by atoms with E-state index in [0.717, 1.165) is 39.8 Å². The zero-order chi connectivity index (χ0) is 18.4. The molecule has 0 atom stereocenters. The molecular formula is C20H20N4OS. The molecule has 0 spiro atoms. The van der Waals surface area contributed by atoms with E-state index in [1.807, 2.05) is 60.0 Å². The first-order chi connectivity index (χ1) is 12.7. The second kappa shape index (κ2) is 8.40. The van der Waals surface area contributed by atoms with Gasteiger partial charge in [0.15, 0.2) is 0 Å². The van der Waals surface area contributed by atoms with E-state index in [1.54, 1.807) is 0 Å². The molecule has 132 valence electrons. The fourth-order valence-corrected chi connectivity index (χ4v) is 3.14. The average Bonchev–Trinajstić information content (AvgIpc) is 3.12. The molecule has 0 fully saturated rings. The number of benzene rings is 2. The molecule has 5 nitrogen and oxygen atoms in total. The Labute approximate surface area is 156 Å². The Morgan fingerprint density at radius 1 is 1.12 bits per heavy atom. The van der Waals surface area contributed by atoms with Crippen molar-refractivity contribution in [3.63, 3.8) is 0 Å². The standard InChI is InChI=1S/C20H20N4OS/c1-3-18(15-7-5-4-6-8-15)23-24-20-22-19(13-26-20)16-9-11-17(12-10-16)21-14(2)25/h4-13H,3H2,1-2H3,(H,21,25)(H,22,24). The number of nitrogens with one attached hydrogen (secondary N) is 2. The molecule has 1 aromatic heterocycles. The number of aromatic nitrogens is 1. The molecular weight excluding hydrogens is 344 g/mol. The molecule has 0 aliphatic rings. The van der Waals surface area contributed by atoms with Crippen molar-refractivity contribution in [3.8, 4) is 11.3 Å². The van der Waals surface area contributed by atoms with Gasteiger partial charge in [0.2, 0.25) is 11.0 Å². The topological polar surface area (TPSA) is 66.4 Å². The number of nitrogens with zero attached hydrogens (tertiary/aromatic N) is 2. The number of carbonyl (C=O) groups excluding carboxylic acids is 1. The predicted octanol–water partition coefficient (Wildman–Crippen LogP) is 4.99. The molecule has 0 bridgehead atoms. The Morgan fingerprint density at radius 3 is 2.50 bits per heavy atom. The van der Waals surface area contributed by atoms with Crippen molar-refractivity contribution in [1.29, 1.82) is 0 Å². The Kier molecular flexibility index (Phi) is 5.76. The zero-order valence-corrected chi connectivity index (χ0v) is 15.5. The summed E-state index contributed by atoms with van der Waals surface area (Å²) in [4.78, 5) is 15.7. The van der Waals surface area contributed by atoms with Gasteiger partial charge in [0.25, 0.3) is 0 Å². The van der Waals surface area contributed by atoms with Crippen LogP contribution in [0.4, 0.5) is 10.8 Å². The molecule has 2 aromatic carbocycles. The van der Waals surface area contributed by atoms with Crippen molar-refractivity contribution < 1.29 is 4.79 Å². The van der Waals surface area contributed by atoms with Crippen LogP contribution in [0, 0.1) is 0 Å². The third-order valence-corrected chi connectivity index (χ3v) is 4.48. The van der Waals surface area contributed by atoms with Crippen LogP contribution in [0.1, 0.15) is 25.8 Å². The van der Waals surface area contributed by atoms with Gasteiger partial charge in [-0.25, -0.2) is 4.98 Å². The highest BCUT2D eigenvalue weighted by Crippen LogP contribution is 2.26. The summed E-state index contributed by atoms with van der Waals surface area (Å²) in [5, 5.41) is 9.99. The Balaban J connectivity index is 1.71.